The SMILES string of the molecule is CC=C(CNC(=O)c1ncnc(N(C)C(C)COC)c1C)C(=O)CC(C)C. The third-order valence-corrected chi connectivity index (χ3v) is 4.42. The molecular formula is C20H32N4O3. The number of Topliss-reactive ketones (excluding diaryl/α,β-unsaturated/α-hetero) is 1. The molecule has 1 atom stereocenters. The number of anilines is 1. The molecule has 0 saturated heterocycles. The van der Waals surface area contributed by atoms with Crippen LogP contribution in [0.25, 0.3) is 0 Å². The molecule has 0 aromatic carbocycles. The molecule has 1 unspecified atom stereocenters. The lowest BCUT2D eigenvalue weighted by Crippen LogP contribution is -2.35. The summed E-state index contributed by atoms with van der Waals surface area (Å²) in [4.78, 5) is 35.2. The van der Waals surface area contributed by atoms with E-state index >= 15 is 0 Å². The van der Waals surface area contributed by atoms with Crippen molar-refractivity contribution in [2.45, 2.75) is 47.1 Å². The number of hydrogen-bond acceptors (Lipinski definition) is 6. The summed E-state index contributed by atoms with van der Waals surface area (Å²) in [7, 11) is 3.55. The van der Waals surface area contributed by atoms with Crippen LogP contribution in [-0.2, 0) is 9.53 Å². The number of nitrogens with zero attached hydrogens (tertiary/aromatic N) is 3. The number of nitrogens with one attached hydrogen (secondary N) is 1. The third kappa shape index (κ3) is 6.43. The van der Waals surface area contributed by atoms with Crippen molar-refractivity contribution in [2.75, 3.05) is 32.2 Å². The molecule has 0 spiro atoms. The Morgan fingerprint density at radius 3 is 2.52 bits per heavy atom. The lowest BCUT2D eigenvalue weighted by atomic mass is 10.0. The summed E-state index contributed by atoms with van der Waals surface area (Å²) in [5.41, 5.74) is 1.61. The number of aromatic nitrogens is 2. The van der Waals surface area contributed by atoms with Crippen molar-refractivity contribution >= 4 is 17.5 Å². The van der Waals surface area contributed by atoms with E-state index in [9.17, 15) is 9.59 Å². The van der Waals surface area contributed by atoms with Gasteiger partial charge in [-0.15, -0.1) is 0 Å². The fourth-order valence-electron chi connectivity index (χ4n) is 2.71. The molecule has 27 heavy (non-hydrogen) atoms. The van der Waals surface area contributed by atoms with Gasteiger partial charge in [-0.05, 0) is 26.7 Å². The Morgan fingerprint density at radius 1 is 1.30 bits per heavy atom. The van der Waals surface area contributed by atoms with Gasteiger partial charge in [-0.25, -0.2) is 9.97 Å². The van der Waals surface area contributed by atoms with Crippen LogP contribution in [0.1, 0.15) is 50.2 Å². The zero-order valence-electron chi connectivity index (χ0n) is 17.5. The summed E-state index contributed by atoms with van der Waals surface area (Å²) in [6.07, 6.45) is 3.60. The van der Waals surface area contributed by atoms with Gasteiger partial charge >= 0.3 is 0 Å². The van der Waals surface area contributed by atoms with E-state index < -0.39 is 0 Å². The van der Waals surface area contributed by atoms with Gasteiger partial charge in [0.05, 0.1) is 12.6 Å². The Balaban J connectivity index is 2.89. The zero-order chi connectivity index (χ0) is 20.6. The molecular weight excluding hydrogens is 344 g/mol. The maximum Gasteiger partial charge on any atom is 0.270 e. The van der Waals surface area contributed by atoms with E-state index in [-0.39, 0.29) is 30.2 Å². The minimum atomic E-state index is -0.319. The molecule has 1 aromatic rings. The van der Waals surface area contributed by atoms with E-state index in [4.69, 9.17) is 4.74 Å². The van der Waals surface area contributed by atoms with Crippen LogP contribution in [0.2, 0.25) is 0 Å². The molecule has 1 heterocycles. The van der Waals surface area contributed by atoms with E-state index in [1.807, 2.05) is 39.6 Å². The number of ketones is 1. The van der Waals surface area contributed by atoms with Crippen LogP contribution in [-0.4, -0.2) is 55.0 Å². The quantitative estimate of drug-likeness (QED) is 0.632. The largest absolute Gasteiger partial charge is 0.383 e. The molecule has 1 aromatic heterocycles. The van der Waals surface area contributed by atoms with E-state index in [2.05, 4.69) is 15.3 Å². The first-order chi connectivity index (χ1) is 12.7. The van der Waals surface area contributed by atoms with Crippen molar-refractivity contribution in [3.8, 4) is 0 Å². The smallest absolute Gasteiger partial charge is 0.270 e. The Morgan fingerprint density at radius 2 is 1.96 bits per heavy atom. The lowest BCUT2D eigenvalue weighted by Gasteiger charge is -2.27. The third-order valence-electron chi connectivity index (χ3n) is 4.42. The van der Waals surface area contributed by atoms with E-state index in [0.717, 1.165) is 0 Å². The van der Waals surface area contributed by atoms with Crippen molar-refractivity contribution in [3.63, 3.8) is 0 Å². The van der Waals surface area contributed by atoms with Gasteiger partial charge in [-0.1, -0.05) is 19.9 Å². The molecule has 0 saturated carbocycles. The van der Waals surface area contributed by atoms with Gasteiger partial charge in [0.1, 0.15) is 17.8 Å². The average Bonchev–Trinajstić information content (AvgIpc) is 2.61. The summed E-state index contributed by atoms with van der Waals surface area (Å²) in [5.74, 6) is 0.697. The van der Waals surface area contributed by atoms with Crippen molar-refractivity contribution in [3.05, 3.63) is 29.2 Å². The Bertz CT molecular complexity index is 686. The number of amides is 1. The number of allylic oxidation sites excluding steroid dienone is 1. The fourth-order valence-corrected chi connectivity index (χ4v) is 2.71. The fraction of sp³-hybridized carbons (Fsp3) is 0.600. The molecule has 0 aliphatic carbocycles. The molecule has 1 rings (SSSR count). The summed E-state index contributed by atoms with van der Waals surface area (Å²) < 4.78 is 5.19. The second-order valence-electron chi connectivity index (χ2n) is 7.10. The minimum absolute atomic E-state index is 0.0565. The number of ether oxygens (including phenoxy) is 1. The first-order valence-corrected chi connectivity index (χ1v) is 9.22. The van der Waals surface area contributed by atoms with Gasteiger partial charge in [0, 0.05) is 38.3 Å². The Hall–Kier alpha value is -2.28. The maximum absolute atomic E-state index is 12.6. The van der Waals surface area contributed by atoms with E-state index in [0.29, 0.717) is 35.7 Å². The molecule has 0 fully saturated rings. The van der Waals surface area contributed by atoms with Gasteiger partial charge in [-0.3, -0.25) is 9.59 Å². The summed E-state index contributed by atoms with van der Waals surface area (Å²) in [6.45, 7) is 10.4. The second-order valence-corrected chi connectivity index (χ2v) is 7.10. The maximum atomic E-state index is 12.6. The van der Waals surface area contributed by atoms with Crippen molar-refractivity contribution in [1.82, 2.24) is 15.3 Å². The summed E-state index contributed by atoms with van der Waals surface area (Å²) in [5, 5.41) is 2.80. The van der Waals surface area contributed by atoms with Gasteiger partial charge in [0.15, 0.2) is 5.78 Å². The predicted octanol–water partition coefficient (Wildman–Crippen LogP) is 2.55. The van der Waals surface area contributed by atoms with Gasteiger partial charge < -0.3 is 15.0 Å². The number of hydrogen-bond donors (Lipinski definition) is 1. The average molecular weight is 377 g/mol. The van der Waals surface area contributed by atoms with Crippen LogP contribution >= 0.6 is 0 Å². The lowest BCUT2D eigenvalue weighted by molar-refractivity contribution is -0.116. The van der Waals surface area contributed by atoms with Crippen LogP contribution in [0, 0.1) is 12.8 Å². The minimum Gasteiger partial charge on any atom is -0.383 e. The molecule has 1 N–H and O–H groups in total. The molecule has 0 radical (unpaired) electrons. The van der Waals surface area contributed by atoms with Gasteiger partial charge in [0.2, 0.25) is 0 Å². The van der Waals surface area contributed by atoms with Crippen LogP contribution in [0.15, 0.2) is 18.0 Å². The highest BCUT2D eigenvalue weighted by Gasteiger charge is 2.20. The first kappa shape index (κ1) is 22.8. The zero-order valence-corrected chi connectivity index (χ0v) is 17.5. The Kier molecular flexibility index (Phi) is 9.08. The van der Waals surface area contributed by atoms with Crippen LogP contribution in [0.5, 0.6) is 0 Å². The number of methoxy groups -OCH3 is 1. The van der Waals surface area contributed by atoms with E-state index in [1.54, 1.807) is 20.1 Å². The molecule has 0 aliphatic rings. The summed E-state index contributed by atoms with van der Waals surface area (Å²) in [6, 6.07) is 0.0998. The first-order valence-electron chi connectivity index (χ1n) is 9.22. The van der Waals surface area contributed by atoms with Crippen LogP contribution < -0.4 is 10.2 Å². The topological polar surface area (TPSA) is 84.4 Å². The van der Waals surface area contributed by atoms with Crippen LogP contribution in [0.3, 0.4) is 0 Å². The highest BCUT2D eigenvalue weighted by Crippen LogP contribution is 2.19. The monoisotopic (exact) mass is 376 g/mol. The molecule has 7 nitrogen and oxygen atoms in total. The number of rotatable bonds is 10. The second kappa shape index (κ2) is 10.8. The number of carbonyl (C=O) groups is 2. The summed E-state index contributed by atoms with van der Waals surface area (Å²) >= 11 is 0. The Labute approximate surface area is 162 Å². The number of likely N-dealkylation sites (N-methyl/N-ethyl adjacent to an activating group) is 1. The number of carbonyl (C=O) groups excluding carboxylic acids is 2. The van der Waals surface area contributed by atoms with E-state index in [1.165, 1.54) is 6.33 Å². The van der Waals surface area contributed by atoms with Gasteiger partial charge in [0.25, 0.3) is 5.91 Å². The molecule has 150 valence electrons. The highest BCUT2D eigenvalue weighted by molar-refractivity contribution is 5.98. The van der Waals surface area contributed by atoms with Gasteiger partial charge in [-0.2, -0.15) is 0 Å². The standard InChI is InChI=1S/C20H32N4O3/c1-8-16(17(25)9-13(2)3)10-21-20(26)18-15(5)19(23-12-22-18)24(6)14(4)11-27-7/h8,12-14H,9-11H2,1-7H3,(H,21,26). The van der Waals surface area contributed by atoms with Crippen LogP contribution in [0.4, 0.5) is 5.82 Å². The van der Waals surface area contributed by atoms with Crippen molar-refractivity contribution in [1.29, 1.82) is 0 Å². The molecule has 1 amide bonds. The molecule has 0 bridgehead atoms. The molecule has 0 aliphatic heterocycles. The van der Waals surface area contributed by atoms with Crippen molar-refractivity contribution in [2.24, 2.45) is 5.92 Å². The normalized spacial score (nSPS) is 12.8. The molecule has 7 heteroatoms. The highest BCUT2D eigenvalue weighted by atomic mass is 16.5. The van der Waals surface area contributed by atoms with Crippen molar-refractivity contribution < 1.29 is 14.3 Å². The predicted molar refractivity (Wildman–Crippen MR) is 107 cm³/mol.